The Morgan fingerprint density at radius 1 is 1.19 bits per heavy atom. The molecule has 0 unspecified atom stereocenters. The maximum Gasteiger partial charge on any atom is 0.243 e. The van der Waals surface area contributed by atoms with Gasteiger partial charge in [-0.2, -0.15) is 4.31 Å². The summed E-state index contributed by atoms with van der Waals surface area (Å²) in [5, 5.41) is 5.13. The number of sulfonamides is 1. The van der Waals surface area contributed by atoms with E-state index in [2.05, 4.69) is 5.32 Å². The third kappa shape index (κ3) is 3.91. The molecule has 0 saturated carbocycles. The molecule has 6 heteroatoms. The zero-order valence-electron chi connectivity index (χ0n) is 12.2. The van der Waals surface area contributed by atoms with Gasteiger partial charge < -0.3 is 5.32 Å². The summed E-state index contributed by atoms with van der Waals surface area (Å²) in [6.45, 7) is 3.76. The van der Waals surface area contributed by atoms with E-state index in [1.807, 2.05) is 36.6 Å². The second-order valence-corrected chi connectivity index (χ2v) is 7.77. The number of nitrogens with zero attached hydrogens (tertiary/aromatic N) is 1. The van der Waals surface area contributed by atoms with Gasteiger partial charge in [0.2, 0.25) is 10.0 Å². The summed E-state index contributed by atoms with van der Waals surface area (Å²) in [7, 11) is -1.85. The van der Waals surface area contributed by atoms with E-state index in [9.17, 15) is 8.42 Å². The van der Waals surface area contributed by atoms with Crippen LogP contribution in [0.2, 0.25) is 0 Å². The minimum absolute atomic E-state index is 0.380. The third-order valence-electron chi connectivity index (χ3n) is 3.18. The van der Waals surface area contributed by atoms with E-state index in [0.29, 0.717) is 18.0 Å². The quantitative estimate of drug-likeness (QED) is 0.852. The van der Waals surface area contributed by atoms with Crippen LogP contribution in [-0.4, -0.2) is 26.3 Å². The Kier molecular flexibility index (Phi) is 5.52. The van der Waals surface area contributed by atoms with Crippen molar-refractivity contribution < 1.29 is 8.42 Å². The molecule has 0 aliphatic carbocycles. The molecule has 0 bridgehead atoms. The number of thiophene rings is 1. The van der Waals surface area contributed by atoms with Crippen LogP contribution in [0, 0.1) is 0 Å². The van der Waals surface area contributed by atoms with E-state index < -0.39 is 10.0 Å². The summed E-state index contributed by atoms with van der Waals surface area (Å²) < 4.78 is 26.9. The molecule has 0 atom stereocenters. The third-order valence-corrected chi connectivity index (χ3v) is 5.95. The van der Waals surface area contributed by atoms with Gasteiger partial charge in [0.05, 0.1) is 4.90 Å². The van der Waals surface area contributed by atoms with Crippen molar-refractivity contribution in [1.82, 2.24) is 9.62 Å². The van der Waals surface area contributed by atoms with E-state index in [0.717, 1.165) is 17.0 Å². The Labute approximate surface area is 130 Å². The molecular weight excluding hydrogens is 304 g/mol. The van der Waals surface area contributed by atoms with E-state index >= 15 is 0 Å². The first-order valence-corrected chi connectivity index (χ1v) is 9.15. The topological polar surface area (TPSA) is 49.4 Å². The highest BCUT2D eigenvalue weighted by molar-refractivity contribution is 7.89. The van der Waals surface area contributed by atoms with Crippen molar-refractivity contribution in [2.24, 2.45) is 0 Å². The fourth-order valence-electron chi connectivity index (χ4n) is 2.04. The van der Waals surface area contributed by atoms with E-state index in [1.165, 1.54) is 4.31 Å². The minimum Gasteiger partial charge on any atom is -0.313 e. The van der Waals surface area contributed by atoms with Gasteiger partial charge in [0.1, 0.15) is 0 Å². The van der Waals surface area contributed by atoms with Gasteiger partial charge in [0.25, 0.3) is 0 Å². The Bertz CT molecular complexity index is 667. The molecule has 0 saturated heterocycles. The Hall–Kier alpha value is -1.21. The van der Waals surface area contributed by atoms with Crippen LogP contribution in [0.15, 0.2) is 46.7 Å². The van der Waals surface area contributed by atoms with Crippen LogP contribution in [-0.2, 0) is 23.1 Å². The van der Waals surface area contributed by atoms with E-state index in [-0.39, 0.29) is 0 Å². The highest BCUT2D eigenvalue weighted by Crippen LogP contribution is 2.22. The largest absolute Gasteiger partial charge is 0.313 e. The maximum absolute atomic E-state index is 12.7. The summed E-state index contributed by atoms with van der Waals surface area (Å²) in [6.07, 6.45) is 0. The fraction of sp³-hybridized carbons (Fsp3) is 0.333. The molecule has 1 N–H and O–H groups in total. The van der Waals surface area contributed by atoms with Crippen LogP contribution in [0.5, 0.6) is 0 Å². The standard InChI is InChI=1S/C15H20N2O2S2/c1-3-16-11-13-7-4-5-9-15(13)21(18,19)17(2)12-14-8-6-10-20-14/h4-10,16H,3,11-12H2,1-2H3. The predicted molar refractivity (Wildman–Crippen MR) is 86.8 cm³/mol. The zero-order chi connectivity index (χ0) is 15.3. The van der Waals surface area contributed by atoms with Crippen molar-refractivity contribution in [2.45, 2.75) is 24.9 Å². The maximum atomic E-state index is 12.7. The van der Waals surface area contributed by atoms with Crippen LogP contribution in [0.3, 0.4) is 0 Å². The number of rotatable bonds is 7. The summed E-state index contributed by atoms with van der Waals surface area (Å²) in [4.78, 5) is 1.41. The predicted octanol–water partition coefficient (Wildman–Crippen LogP) is 2.68. The lowest BCUT2D eigenvalue weighted by molar-refractivity contribution is 0.468. The van der Waals surface area contributed by atoms with Gasteiger partial charge in [0.15, 0.2) is 0 Å². The van der Waals surface area contributed by atoms with Crippen LogP contribution in [0.1, 0.15) is 17.4 Å². The van der Waals surface area contributed by atoms with Gasteiger partial charge in [-0.3, -0.25) is 0 Å². The molecule has 1 aromatic heterocycles. The molecule has 2 aromatic rings. The average molecular weight is 324 g/mol. The second-order valence-electron chi connectivity index (χ2n) is 4.73. The molecule has 0 aliphatic rings. The van der Waals surface area contributed by atoms with Gasteiger partial charge in [-0.05, 0) is 29.6 Å². The fourth-order valence-corrected chi connectivity index (χ4v) is 4.24. The van der Waals surface area contributed by atoms with Gasteiger partial charge in [-0.25, -0.2) is 8.42 Å². The highest BCUT2D eigenvalue weighted by Gasteiger charge is 2.23. The molecule has 0 amide bonds. The summed E-state index contributed by atoms with van der Waals surface area (Å²) in [6, 6.07) is 11.0. The van der Waals surface area contributed by atoms with Gasteiger partial charge in [-0.15, -0.1) is 11.3 Å². The molecular formula is C15H20N2O2S2. The molecule has 1 heterocycles. The highest BCUT2D eigenvalue weighted by atomic mass is 32.2. The summed E-state index contributed by atoms with van der Waals surface area (Å²) in [5.41, 5.74) is 0.803. The van der Waals surface area contributed by atoms with Gasteiger partial charge in [-0.1, -0.05) is 31.2 Å². The Morgan fingerprint density at radius 3 is 2.62 bits per heavy atom. The molecule has 0 spiro atoms. The number of nitrogens with one attached hydrogen (secondary N) is 1. The van der Waals surface area contributed by atoms with Crippen molar-refractivity contribution in [1.29, 1.82) is 0 Å². The van der Waals surface area contributed by atoms with E-state index in [4.69, 9.17) is 0 Å². The van der Waals surface area contributed by atoms with Crippen molar-refractivity contribution in [3.05, 3.63) is 52.2 Å². The molecule has 0 radical (unpaired) electrons. The van der Waals surface area contributed by atoms with E-state index in [1.54, 1.807) is 30.5 Å². The second kappa shape index (κ2) is 7.17. The lowest BCUT2D eigenvalue weighted by Crippen LogP contribution is -2.27. The zero-order valence-corrected chi connectivity index (χ0v) is 13.9. The lowest BCUT2D eigenvalue weighted by atomic mass is 10.2. The summed E-state index contributed by atoms with van der Waals surface area (Å²) in [5.74, 6) is 0. The van der Waals surface area contributed by atoms with Gasteiger partial charge in [0, 0.05) is 25.0 Å². The average Bonchev–Trinajstić information content (AvgIpc) is 2.98. The first-order chi connectivity index (χ1) is 10.1. The number of hydrogen-bond acceptors (Lipinski definition) is 4. The molecule has 0 fully saturated rings. The van der Waals surface area contributed by atoms with Gasteiger partial charge >= 0.3 is 0 Å². The molecule has 21 heavy (non-hydrogen) atoms. The minimum atomic E-state index is -3.48. The van der Waals surface area contributed by atoms with Crippen LogP contribution in [0.25, 0.3) is 0 Å². The van der Waals surface area contributed by atoms with Crippen LogP contribution >= 0.6 is 11.3 Å². The molecule has 4 nitrogen and oxygen atoms in total. The van der Waals surface area contributed by atoms with Crippen molar-refractivity contribution >= 4 is 21.4 Å². The molecule has 2 rings (SSSR count). The lowest BCUT2D eigenvalue weighted by Gasteiger charge is -2.19. The summed E-state index contributed by atoms with van der Waals surface area (Å²) >= 11 is 1.56. The molecule has 0 aliphatic heterocycles. The van der Waals surface area contributed by atoms with Crippen LogP contribution in [0.4, 0.5) is 0 Å². The smallest absolute Gasteiger partial charge is 0.243 e. The number of hydrogen-bond donors (Lipinski definition) is 1. The Balaban J connectivity index is 2.26. The first-order valence-electron chi connectivity index (χ1n) is 6.83. The first kappa shape index (κ1) is 16.2. The van der Waals surface area contributed by atoms with Crippen molar-refractivity contribution in [2.75, 3.05) is 13.6 Å². The van der Waals surface area contributed by atoms with Crippen LogP contribution < -0.4 is 5.32 Å². The monoisotopic (exact) mass is 324 g/mol. The SMILES string of the molecule is CCNCc1ccccc1S(=O)(=O)N(C)Cc1cccs1. The molecule has 114 valence electrons. The Morgan fingerprint density at radius 2 is 1.95 bits per heavy atom. The normalized spacial score (nSPS) is 12.0. The molecule has 1 aromatic carbocycles. The van der Waals surface area contributed by atoms with Crippen molar-refractivity contribution in [3.8, 4) is 0 Å². The number of benzene rings is 1. The van der Waals surface area contributed by atoms with Crippen molar-refractivity contribution in [3.63, 3.8) is 0 Å².